The van der Waals surface area contributed by atoms with Gasteiger partial charge in [0.15, 0.2) is 0 Å². The van der Waals surface area contributed by atoms with Crippen molar-refractivity contribution >= 4 is 29.7 Å². The molecule has 1 aliphatic carbocycles. The number of aryl methyl sites for hydroxylation is 1. The van der Waals surface area contributed by atoms with Gasteiger partial charge in [0.05, 0.1) is 11.5 Å². The standard InChI is InChI=1S/C13H20N2OS.ClH/c1-13(2,8-14)12(16)15-10-4-3-5-11-9(10)6-7-17-11;/h6-7,10H,3-5,8,14H2,1-2H3,(H,15,16);1H. The Morgan fingerprint density at radius 1 is 1.61 bits per heavy atom. The fourth-order valence-electron chi connectivity index (χ4n) is 2.08. The van der Waals surface area contributed by atoms with E-state index >= 15 is 0 Å². The lowest BCUT2D eigenvalue weighted by atomic mass is 9.89. The average molecular weight is 289 g/mol. The molecule has 0 spiro atoms. The molecule has 0 bridgehead atoms. The van der Waals surface area contributed by atoms with Crippen LogP contribution >= 0.6 is 23.7 Å². The Labute approximate surface area is 119 Å². The van der Waals surface area contributed by atoms with E-state index in [0.29, 0.717) is 6.54 Å². The van der Waals surface area contributed by atoms with Gasteiger partial charge in [0, 0.05) is 11.4 Å². The van der Waals surface area contributed by atoms with E-state index in [9.17, 15) is 4.79 Å². The van der Waals surface area contributed by atoms with Crippen LogP contribution < -0.4 is 11.1 Å². The molecule has 1 amide bonds. The molecule has 3 N–H and O–H groups in total. The van der Waals surface area contributed by atoms with Crippen LogP contribution in [0.2, 0.25) is 0 Å². The van der Waals surface area contributed by atoms with Gasteiger partial charge < -0.3 is 11.1 Å². The topological polar surface area (TPSA) is 55.1 Å². The van der Waals surface area contributed by atoms with Crippen molar-refractivity contribution in [3.8, 4) is 0 Å². The number of halogens is 1. The highest BCUT2D eigenvalue weighted by Crippen LogP contribution is 2.33. The van der Waals surface area contributed by atoms with Crippen LogP contribution in [0.15, 0.2) is 11.4 Å². The highest BCUT2D eigenvalue weighted by Gasteiger charge is 2.30. The number of thiophene rings is 1. The van der Waals surface area contributed by atoms with Crippen molar-refractivity contribution in [1.82, 2.24) is 5.32 Å². The van der Waals surface area contributed by atoms with E-state index < -0.39 is 5.41 Å². The van der Waals surface area contributed by atoms with Crippen molar-refractivity contribution in [3.05, 3.63) is 21.9 Å². The van der Waals surface area contributed by atoms with E-state index in [2.05, 4.69) is 16.8 Å². The third kappa shape index (κ3) is 3.05. The van der Waals surface area contributed by atoms with E-state index in [1.54, 1.807) is 11.3 Å². The minimum Gasteiger partial charge on any atom is -0.349 e. The van der Waals surface area contributed by atoms with Crippen LogP contribution in [0.4, 0.5) is 0 Å². The lowest BCUT2D eigenvalue weighted by Gasteiger charge is -2.28. The van der Waals surface area contributed by atoms with Crippen molar-refractivity contribution in [2.45, 2.75) is 39.2 Å². The van der Waals surface area contributed by atoms with Crippen LogP contribution in [0.5, 0.6) is 0 Å². The lowest BCUT2D eigenvalue weighted by molar-refractivity contribution is -0.129. The van der Waals surface area contributed by atoms with Gasteiger partial charge in [-0.15, -0.1) is 23.7 Å². The highest BCUT2D eigenvalue weighted by molar-refractivity contribution is 7.10. The van der Waals surface area contributed by atoms with Gasteiger partial charge in [0.25, 0.3) is 0 Å². The third-order valence-corrected chi connectivity index (χ3v) is 4.48. The molecule has 1 aromatic heterocycles. The molecule has 0 saturated carbocycles. The number of fused-ring (bicyclic) bond motifs is 1. The third-order valence-electron chi connectivity index (χ3n) is 3.48. The van der Waals surface area contributed by atoms with E-state index in [-0.39, 0.29) is 24.4 Å². The van der Waals surface area contributed by atoms with Gasteiger partial charge in [-0.2, -0.15) is 0 Å². The Hall–Kier alpha value is -0.580. The van der Waals surface area contributed by atoms with Crippen LogP contribution in [0, 0.1) is 5.41 Å². The smallest absolute Gasteiger partial charge is 0.227 e. The molecule has 1 aliphatic rings. The normalized spacial score (nSPS) is 18.7. The Morgan fingerprint density at radius 3 is 3.00 bits per heavy atom. The minimum absolute atomic E-state index is 0. The second kappa shape index (κ2) is 6.04. The molecule has 0 aromatic carbocycles. The predicted octanol–water partition coefficient (Wildman–Crippen LogP) is 2.65. The molecule has 5 heteroatoms. The summed E-state index contributed by atoms with van der Waals surface area (Å²) < 4.78 is 0. The molecule has 2 rings (SSSR count). The van der Waals surface area contributed by atoms with E-state index in [0.717, 1.165) is 19.3 Å². The first-order chi connectivity index (χ1) is 8.04. The zero-order valence-corrected chi connectivity index (χ0v) is 12.5. The Morgan fingerprint density at radius 2 is 2.33 bits per heavy atom. The quantitative estimate of drug-likeness (QED) is 0.898. The molecule has 18 heavy (non-hydrogen) atoms. The molecule has 1 heterocycles. The number of carbonyl (C=O) groups excluding carboxylic acids is 1. The van der Waals surface area contributed by atoms with Gasteiger partial charge >= 0.3 is 0 Å². The second-order valence-corrected chi connectivity index (χ2v) is 6.31. The Bertz CT molecular complexity index is 417. The maximum atomic E-state index is 12.1. The van der Waals surface area contributed by atoms with Crippen LogP contribution in [-0.2, 0) is 11.2 Å². The summed E-state index contributed by atoms with van der Waals surface area (Å²) in [6.07, 6.45) is 3.34. The number of hydrogen-bond acceptors (Lipinski definition) is 3. The molecular formula is C13H21ClN2OS. The fraction of sp³-hybridized carbons (Fsp3) is 0.615. The molecular weight excluding hydrogens is 268 g/mol. The van der Waals surface area contributed by atoms with Crippen LogP contribution in [0.3, 0.4) is 0 Å². The zero-order valence-electron chi connectivity index (χ0n) is 10.9. The Kier molecular flexibility index (Phi) is 5.20. The molecule has 0 fully saturated rings. The fourth-order valence-corrected chi connectivity index (χ4v) is 3.07. The second-order valence-electron chi connectivity index (χ2n) is 5.31. The number of rotatable bonds is 3. The number of nitrogens with two attached hydrogens (primary N) is 1. The SMILES string of the molecule is CC(C)(CN)C(=O)NC1CCCc2sccc21.Cl. The summed E-state index contributed by atoms with van der Waals surface area (Å²) >= 11 is 1.79. The summed E-state index contributed by atoms with van der Waals surface area (Å²) in [5.74, 6) is 0.0593. The molecule has 1 atom stereocenters. The number of hydrogen-bond donors (Lipinski definition) is 2. The summed E-state index contributed by atoms with van der Waals surface area (Å²) in [5.41, 5.74) is 6.46. The van der Waals surface area contributed by atoms with Gasteiger partial charge in [-0.3, -0.25) is 4.79 Å². The summed E-state index contributed by atoms with van der Waals surface area (Å²) in [6, 6.07) is 2.32. The summed E-state index contributed by atoms with van der Waals surface area (Å²) in [6.45, 7) is 4.15. The van der Waals surface area contributed by atoms with Gasteiger partial charge in [0.2, 0.25) is 5.91 Å². The first kappa shape index (κ1) is 15.5. The van der Waals surface area contributed by atoms with Gasteiger partial charge in [0.1, 0.15) is 0 Å². The number of amides is 1. The Balaban J connectivity index is 0.00000162. The summed E-state index contributed by atoms with van der Waals surface area (Å²) in [4.78, 5) is 13.5. The van der Waals surface area contributed by atoms with Crippen LogP contribution in [-0.4, -0.2) is 12.5 Å². The molecule has 1 aromatic rings. The molecule has 0 radical (unpaired) electrons. The van der Waals surface area contributed by atoms with Crippen molar-refractivity contribution in [2.75, 3.05) is 6.54 Å². The maximum Gasteiger partial charge on any atom is 0.227 e. The predicted molar refractivity (Wildman–Crippen MR) is 78.2 cm³/mol. The molecule has 1 unspecified atom stereocenters. The largest absolute Gasteiger partial charge is 0.349 e. The van der Waals surface area contributed by atoms with Crippen molar-refractivity contribution in [2.24, 2.45) is 11.1 Å². The highest BCUT2D eigenvalue weighted by atomic mass is 35.5. The lowest BCUT2D eigenvalue weighted by Crippen LogP contribution is -2.43. The minimum atomic E-state index is -0.479. The first-order valence-electron chi connectivity index (χ1n) is 6.12. The van der Waals surface area contributed by atoms with Crippen molar-refractivity contribution in [1.29, 1.82) is 0 Å². The number of carbonyl (C=O) groups is 1. The molecule has 102 valence electrons. The monoisotopic (exact) mass is 288 g/mol. The molecule has 0 aliphatic heterocycles. The number of nitrogens with one attached hydrogen (secondary N) is 1. The van der Waals surface area contributed by atoms with E-state index in [4.69, 9.17) is 5.73 Å². The zero-order chi connectivity index (χ0) is 12.5. The van der Waals surface area contributed by atoms with Crippen molar-refractivity contribution < 1.29 is 4.79 Å². The van der Waals surface area contributed by atoms with Gasteiger partial charge in [-0.05, 0) is 50.1 Å². The van der Waals surface area contributed by atoms with E-state index in [1.807, 2.05) is 13.8 Å². The molecule has 0 saturated heterocycles. The molecule has 3 nitrogen and oxygen atoms in total. The van der Waals surface area contributed by atoms with Crippen LogP contribution in [0.25, 0.3) is 0 Å². The van der Waals surface area contributed by atoms with Gasteiger partial charge in [-0.1, -0.05) is 0 Å². The summed E-state index contributed by atoms with van der Waals surface area (Å²) in [7, 11) is 0. The summed E-state index contributed by atoms with van der Waals surface area (Å²) in [5, 5.41) is 5.25. The average Bonchev–Trinajstić information content (AvgIpc) is 2.78. The van der Waals surface area contributed by atoms with Gasteiger partial charge in [-0.25, -0.2) is 0 Å². The van der Waals surface area contributed by atoms with Crippen LogP contribution in [0.1, 0.15) is 43.2 Å². The van der Waals surface area contributed by atoms with Crippen molar-refractivity contribution in [3.63, 3.8) is 0 Å². The van der Waals surface area contributed by atoms with E-state index in [1.165, 1.54) is 10.4 Å². The first-order valence-corrected chi connectivity index (χ1v) is 7.00. The maximum absolute atomic E-state index is 12.1.